The molecular formula is C6H12ClNO3. The van der Waals surface area contributed by atoms with E-state index < -0.39 is 18.1 Å². The predicted molar refractivity (Wildman–Crippen MR) is 41.9 cm³/mol. The number of aliphatic hydroxyl groups excluding tert-OH is 1. The number of piperidine rings is 1. The van der Waals surface area contributed by atoms with Gasteiger partial charge in [-0.1, -0.05) is 0 Å². The molecule has 0 bridgehead atoms. The smallest absolute Gasteiger partial charge is 0.323 e. The molecule has 2 atom stereocenters. The molecule has 66 valence electrons. The third-order valence-electron chi connectivity index (χ3n) is 1.69. The number of nitrogens with one attached hydrogen (secondary N) is 1. The summed E-state index contributed by atoms with van der Waals surface area (Å²) in [6, 6.07) is -0.756. The fraction of sp³-hybridized carbons (Fsp3) is 0.833. The Morgan fingerprint density at radius 1 is 1.55 bits per heavy atom. The average Bonchev–Trinajstić information content (AvgIpc) is 1.88. The molecule has 0 spiro atoms. The molecule has 1 fully saturated rings. The van der Waals surface area contributed by atoms with E-state index in [-0.39, 0.29) is 12.4 Å². The first-order chi connectivity index (χ1) is 4.72. The molecule has 0 saturated carbocycles. The van der Waals surface area contributed by atoms with Gasteiger partial charge in [0, 0.05) is 0 Å². The van der Waals surface area contributed by atoms with Gasteiger partial charge in [-0.2, -0.15) is 0 Å². The third-order valence-corrected chi connectivity index (χ3v) is 1.69. The second kappa shape index (κ2) is 4.54. The lowest BCUT2D eigenvalue weighted by molar-refractivity contribution is -0.143. The van der Waals surface area contributed by atoms with Gasteiger partial charge in [0.1, 0.15) is 6.04 Å². The van der Waals surface area contributed by atoms with E-state index >= 15 is 0 Å². The molecule has 1 aliphatic rings. The number of rotatable bonds is 1. The molecule has 0 aromatic rings. The molecule has 11 heavy (non-hydrogen) atoms. The van der Waals surface area contributed by atoms with Crippen LogP contribution in [0.15, 0.2) is 0 Å². The maximum atomic E-state index is 10.3. The zero-order valence-corrected chi connectivity index (χ0v) is 6.80. The van der Waals surface area contributed by atoms with Crippen molar-refractivity contribution in [2.75, 3.05) is 6.54 Å². The fourth-order valence-electron chi connectivity index (χ4n) is 1.12. The molecule has 3 N–H and O–H groups in total. The molecule has 4 nitrogen and oxygen atoms in total. The summed E-state index contributed by atoms with van der Waals surface area (Å²) in [6.07, 6.45) is 0.723. The summed E-state index contributed by atoms with van der Waals surface area (Å²) >= 11 is 0. The lowest BCUT2D eigenvalue weighted by Crippen LogP contribution is -2.49. The summed E-state index contributed by atoms with van der Waals surface area (Å²) in [5.74, 6) is -0.966. The van der Waals surface area contributed by atoms with Gasteiger partial charge in [-0.3, -0.25) is 4.79 Å². The van der Waals surface area contributed by atoms with Gasteiger partial charge >= 0.3 is 5.97 Å². The Morgan fingerprint density at radius 2 is 2.18 bits per heavy atom. The van der Waals surface area contributed by atoms with Gasteiger partial charge < -0.3 is 15.5 Å². The SMILES string of the molecule is Cl.O=C(O)[C@@H]1NCCC[C@@H]1O. The Labute approximate surface area is 71.0 Å². The van der Waals surface area contributed by atoms with E-state index in [2.05, 4.69) is 5.32 Å². The fourth-order valence-corrected chi connectivity index (χ4v) is 1.12. The maximum Gasteiger partial charge on any atom is 0.323 e. The van der Waals surface area contributed by atoms with Crippen molar-refractivity contribution in [2.24, 2.45) is 0 Å². The highest BCUT2D eigenvalue weighted by atomic mass is 35.5. The molecule has 5 heteroatoms. The largest absolute Gasteiger partial charge is 0.480 e. The minimum Gasteiger partial charge on any atom is -0.480 e. The van der Waals surface area contributed by atoms with Crippen molar-refractivity contribution in [3.63, 3.8) is 0 Å². The van der Waals surface area contributed by atoms with Crippen molar-refractivity contribution < 1.29 is 15.0 Å². The van der Waals surface area contributed by atoms with Crippen molar-refractivity contribution in [3.8, 4) is 0 Å². The lowest BCUT2D eigenvalue weighted by atomic mass is 10.0. The minimum atomic E-state index is -0.966. The van der Waals surface area contributed by atoms with Crippen LogP contribution in [0.4, 0.5) is 0 Å². The molecule has 1 heterocycles. The molecule has 0 unspecified atom stereocenters. The summed E-state index contributed by atoms with van der Waals surface area (Å²) in [7, 11) is 0. The first kappa shape index (κ1) is 10.7. The van der Waals surface area contributed by atoms with Crippen molar-refractivity contribution in [1.82, 2.24) is 5.32 Å². The van der Waals surface area contributed by atoms with Crippen LogP contribution in [0.1, 0.15) is 12.8 Å². The summed E-state index contributed by atoms with van der Waals surface area (Å²) in [6.45, 7) is 0.689. The summed E-state index contributed by atoms with van der Waals surface area (Å²) in [5.41, 5.74) is 0. The Hall–Kier alpha value is -0.320. The standard InChI is InChI=1S/C6H11NO3.ClH/c8-4-2-1-3-7-5(4)6(9)10;/h4-5,7-8H,1-3H2,(H,9,10);1H/t4-,5+;/m0./s1. The Balaban J connectivity index is 0.000001000. The van der Waals surface area contributed by atoms with Crippen molar-refractivity contribution >= 4 is 18.4 Å². The predicted octanol–water partition coefficient (Wildman–Crippen LogP) is -0.394. The van der Waals surface area contributed by atoms with Crippen molar-refractivity contribution in [1.29, 1.82) is 0 Å². The normalized spacial score (nSPS) is 30.6. The van der Waals surface area contributed by atoms with Crippen LogP contribution in [0.2, 0.25) is 0 Å². The van der Waals surface area contributed by atoms with E-state index in [1.54, 1.807) is 0 Å². The number of aliphatic carboxylic acids is 1. The van der Waals surface area contributed by atoms with Crippen LogP contribution >= 0.6 is 12.4 Å². The summed E-state index contributed by atoms with van der Waals surface area (Å²) in [4.78, 5) is 10.3. The molecular weight excluding hydrogens is 170 g/mol. The van der Waals surface area contributed by atoms with Gasteiger partial charge in [-0.15, -0.1) is 12.4 Å². The minimum absolute atomic E-state index is 0. The van der Waals surface area contributed by atoms with Crippen LogP contribution in [-0.4, -0.2) is 34.9 Å². The monoisotopic (exact) mass is 181 g/mol. The quantitative estimate of drug-likeness (QED) is 0.515. The highest BCUT2D eigenvalue weighted by Crippen LogP contribution is 2.07. The molecule has 1 saturated heterocycles. The molecule has 0 aromatic carbocycles. The second-order valence-corrected chi connectivity index (χ2v) is 2.48. The van der Waals surface area contributed by atoms with Crippen molar-refractivity contribution in [3.05, 3.63) is 0 Å². The van der Waals surface area contributed by atoms with Gasteiger partial charge in [-0.05, 0) is 19.4 Å². The van der Waals surface area contributed by atoms with Crippen LogP contribution in [-0.2, 0) is 4.79 Å². The highest BCUT2D eigenvalue weighted by molar-refractivity contribution is 5.85. The molecule has 1 rings (SSSR count). The number of aliphatic hydroxyl groups is 1. The van der Waals surface area contributed by atoms with E-state index in [0.29, 0.717) is 13.0 Å². The number of carboxylic acids is 1. The summed E-state index contributed by atoms with van der Waals surface area (Å²) < 4.78 is 0. The second-order valence-electron chi connectivity index (χ2n) is 2.48. The van der Waals surface area contributed by atoms with E-state index in [1.165, 1.54) is 0 Å². The van der Waals surface area contributed by atoms with Crippen LogP contribution in [0.3, 0.4) is 0 Å². The van der Waals surface area contributed by atoms with E-state index in [9.17, 15) is 4.79 Å². The number of hydrogen-bond acceptors (Lipinski definition) is 3. The van der Waals surface area contributed by atoms with E-state index in [0.717, 1.165) is 6.42 Å². The number of carboxylic acid groups (broad SMARTS) is 1. The van der Waals surface area contributed by atoms with E-state index in [1.807, 2.05) is 0 Å². The third kappa shape index (κ3) is 2.65. The Morgan fingerprint density at radius 3 is 2.55 bits per heavy atom. The number of hydrogen-bond donors (Lipinski definition) is 3. The highest BCUT2D eigenvalue weighted by Gasteiger charge is 2.28. The number of halogens is 1. The average molecular weight is 182 g/mol. The van der Waals surface area contributed by atoms with E-state index in [4.69, 9.17) is 10.2 Å². The van der Waals surface area contributed by atoms with Crippen LogP contribution in [0, 0.1) is 0 Å². The molecule has 1 aliphatic heterocycles. The Kier molecular flexibility index (Phi) is 4.40. The zero-order chi connectivity index (χ0) is 7.56. The van der Waals surface area contributed by atoms with Crippen molar-refractivity contribution in [2.45, 2.75) is 25.0 Å². The van der Waals surface area contributed by atoms with Crippen LogP contribution in [0.25, 0.3) is 0 Å². The Bertz CT molecular complexity index is 142. The topological polar surface area (TPSA) is 69.6 Å². The lowest BCUT2D eigenvalue weighted by Gasteiger charge is -2.24. The van der Waals surface area contributed by atoms with Gasteiger partial charge in [0.25, 0.3) is 0 Å². The maximum absolute atomic E-state index is 10.3. The van der Waals surface area contributed by atoms with Gasteiger partial charge in [0.2, 0.25) is 0 Å². The van der Waals surface area contributed by atoms with Crippen LogP contribution in [0.5, 0.6) is 0 Å². The van der Waals surface area contributed by atoms with Gasteiger partial charge in [0.15, 0.2) is 0 Å². The first-order valence-electron chi connectivity index (χ1n) is 3.36. The van der Waals surface area contributed by atoms with Crippen LogP contribution < -0.4 is 5.32 Å². The number of carbonyl (C=O) groups is 1. The zero-order valence-electron chi connectivity index (χ0n) is 5.99. The molecule has 0 amide bonds. The molecule has 0 radical (unpaired) electrons. The molecule has 0 aromatic heterocycles. The van der Waals surface area contributed by atoms with Gasteiger partial charge in [-0.25, -0.2) is 0 Å². The molecule has 0 aliphatic carbocycles. The first-order valence-corrected chi connectivity index (χ1v) is 3.36. The van der Waals surface area contributed by atoms with Gasteiger partial charge in [0.05, 0.1) is 6.10 Å². The summed E-state index contributed by atoms with van der Waals surface area (Å²) in [5, 5.41) is 20.3.